The Kier molecular flexibility index (Phi) is 4.19. The van der Waals surface area contributed by atoms with E-state index < -0.39 is 11.2 Å². The molecule has 1 aromatic carbocycles. The molecule has 0 aliphatic rings. The van der Waals surface area contributed by atoms with Gasteiger partial charge >= 0.3 is 0 Å². The van der Waals surface area contributed by atoms with Gasteiger partial charge in [0.25, 0.3) is 0 Å². The summed E-state index contributed by atoms with van der Waals surface area (Å²) in [6.45, 7) is 4.08. The topological polar surface area (TPSA) is 43.1 Å². The molecule has 3 heteroatoms. The highest BCUT2D eigenvalue weighted by atomic mass is 19.1. The molecule has 2 N–H and O–H groups in total. The Hall–Kier alpha value is -1.22. The maximum absolute atomic E-state index is 13.5. The number of rotatable bonds is 5. The molecule has 1 aromatic rings. The molecule has 0 saturated carbocycles. The van der Waals surface area contributed by atoms with Crippen LogP contribution < -0.4 is 5.73 Å². The highest BCUT2D eigenvalue weighted by Crippen LogP contribution is 2.30. The highest BCUT2D eigenvalue weighted by Gasteiger charge is 2.35. The van der Waals surface area contributed by atoms with Gasteiger partial charge < -0.3 is 5.73 Å². The molecule has 0 aromatic heterocycles. The number of Topliss-reactive ketones (excluding diaryl/α,β-unsaturated/α-hetero) is 1. The van der Waals surface area contributed by atoms with Crippen molar-refractivity contribution in [2.75, 3.05) is 6.54 Å². The predicted molar refractivity (Wildman–Crippen MR) is 62.8 cm³/mol. The standard InChI is InChI=1S/C13H18FNO/c1-3-13(4-2,9-15)12(16)10-7-5-6-8-11(10)14/h5-8H,3-4,9,15H2,1-2H3. The minimum absolute atomic E-state index is 0.150. The molecule has 0 spiro atoms. The van der Waals surface area contributed by atoms with Crippen LogP contribution in [0.2, 0.25) is 0 Å². The zero-order valence-corrected chi connectivity index (χ0v) is 9.79. The van der Waals surface area contributed by atoms with Gasteiger partial charge in [0.2, 0.25) is 0 Å². The molecule has 1 rings (SSSR count). The van der Waals surface area contributed by atoms with Crippen LogP contribution in [0.3, 0.4) is 0 Å². The summed E-state index contributed by atoms with van der Waals surface area (Å²) in [7, 11) is 0. The molecule has 0 atom stereocenters. The van der Waals surface area contributed by atoms with Gasteiger partial charge in [0, 0.05) is 12.0 Å². The van der Waals surface area contributed by atoms with Crippen molar-refractivity contribution in [2.45, 2.75) is 26.7 Å². The lowest BCUT2D eigenvalue weighted by molar-refractivity contribution is 0.0783. The molecule has 0 aliphatic carbocycles. The molecular weight excluding hydrogens is 205 g/mol. The monoisotopic (exact) mass is 223 g/mol. The predicted octanol–water partition coefficient (Wildman–Crippen LogP) is 2.77. The fourth-order valence-corrected chi connectivity index (χ4v) is 1.88. The molecule has 0 amide bonds. The van der Waals surface area contributed by atoms with Crippen LogP contribution >= 0.6 is 0 Å². The number of ketones is 1. The van der Waals surface area contributed by atoms with Crippen LogP contribution in [0.4, 0.5) is 4.39 Å². The van der Waals surface area contributed by atoms with Crippen molar-refractivity contribution < 1.29 is 9.18 Å². The average Bonchev–Trinajstić information content (AvgIpc) is 2.32. The van der Waals surface area contributed by atoms with E-state index in [1.165, 1.54) is 12.1 Å². The summed E-state index contributed by atoms with van der Waals surface area (Å²) >= 11 is 0. The normalized spacial score (nSPS) is 11.5. The van der Waals surface area contributed by atoms with E-state index in [0.717, 1.165) is 0 Å². The molecule has 0 saturated heterocycles. The first-order chi connectivity index (χ1) is 7.61. The summed E-state index contributed by atoms with van der Waals surface area (Å²) in [5.41, 5.74) is 5.20. The van der Waals surface area contributed by atoms with Gasteiger partial charge in [0.1, 0.15) is 5.82 Å². The van der Waals surface area contributed by atoms with Gasteiger partial charge in [-0.05, 0) is 25.0 Å². The Labute approximate surface area is 95.7 Å². The van der Waals surface area contributed by atoms with E-state index in [2.05, 4.69) is 0 Å². The summed E-state index contributed by atoms with van der Waals surface area (Å²) in [4.78, 5) is 12.3. The number of nitrogens with two attached hydrogens (primary N) is 1. The fourth-order valence-electron chi connectivity index (χ4n) is 1.88. The van der Waals surface area contributed by atoms with Gasteiger partial charge in [-0.3, -0.25) is 4.79 Å². The minimum Gasteiger partial charge on any atom is -0.329 e. The van der Waals surface area contributed by atoms with Crippen LogP contribution in [0.1, 0.15) is 37.0 Å². The van der Waals surface area contributed by atoms with Gasteiger partial charge in [-0.25, -0.2) is 4.39 Å². The minimum atomic E-state index is -0.623. The van der Waals surface area contributed by atoms with Crippen LogP contribution in [-0.4, -0.2) is 12.3 Å². The lowest BCUT2D eigenvalue weighted by Gasteiger charge is -2.28. The lowest BCUT2D eigenvalue weighted by Crippen LogP contribution is -2.38. The molecule has 0 bridgehead atoms. The number of carbonyl (C=O) groups excluding carboxylic acids is 1. The Balaban J connectivity index is 3.14. The van der Waals surface area contributed by atoms with Gasteiger partial charge in [-0.1, -0.05) is 26.0 Å². The number of hydrogen-bond donors (Lipinski definition) is 1. The van der Waals surface area contributed by atoms with Crippen molar-refractivity contribution in [3.05, 3.63) is 35.6 Å². The largest absolute Gasteiger partial charge is 0.329 e. The van der Waals surface area contributed by atoms with E-state index in [9.17, 15) is 9.18 Å². The van der Waals surface area contributed by atoms with Crippen LogP contribution in [-0.2, 0) is 0 Å². The first-order valence-corrected chi connectivity index (χ1v) is 5.60. The summed E-state index contributed by atoms with van der Waals surface area (Å²) in [6, 6.07) is 6.07. The number of hydrogen-bond acceptors (Lipinski definition) is 2. The SMILES string of the molecule is CCC(CC)(CN)C(=O)c1ccccc1F. The van der Waals surface area contributed by atoms with Crippen LogP contribution in [0.15, 0.2) is 24.3 Å². The van der Waals surface area contributed by atoms with Crippen LogP contribution in [0.5, 0.6) is 0 Å². The number of halogens is 1. The first kappa shape index (κ1) is 12.8. The number of carbonyl (C=O) groups is 1. The number of benzene rings is 1. The fraction of sp³-hybridized carbons (Fsp3) is 0.462. The summed E-state index contributed by atoms with van der Waals surface area (Å²) in [5, 5.41) is 0. The molecule has 16 heavy (non-hydrogen) atoms. The van der Waals surface area contributed by atoms with E-state index in [0.29, 0.717) is 12.8 Å². The first-order valence-electron chi connectivity index (χ1n) is 5.60. The maximum atomic E-state index is 13.5. The summed E-state index contributed by atoms with van der Waals surface area (Å²) < 4.78 is 13.5. The van der Waals surface area contributed by atoms with Crippen molar-refractivity contribution in [1.82, 2.24) is 0 Å². The van der Waals surface area contributed by atoms with Crippen molar-refractivity contribution in [1.29, 1.82) is 0 Å². The highest BCUT2D eigenvalue weighted by molar-refractivity contribution is 6.00. The van der Waals surface area contributed by atoms with Crippen molar-refractivity contribution >= 4 is 5.78 Å². The Morgan fingerprint density at radius 3 is 2.31 bits per heavy atom. The second-order valence-electron chi connectivity index (χ2n) is 4.00. The second kappa shape index (κ2) is 5.21. The van der Waals surface area contributed by atoms with Gasteiger partial charge in [-0.2, -0.15) is 0 Å². The van der Waals surface area contributed by atoms with Crippen molar-refractivity contribution in [3.63, 3.8) is 0 Å². The Morgan fingerprint density at radius 1 is 1.31 bits per heavy atom. The summed E-state index contributed by atoms with van der Waals surface area (Å²) in [5.74, 6) is -0.648. The quantitative estimate of drug-likeness (QED) is 0.780. The molecule has 0 unspecified atom stereocenters. The van der Waals surface area contributed by atoms with Gasteiger partial charge in [-0.15, -0.1) is 0 Å². The van der Waals surface area contributed by atoms with E-state index in [-0.39, 0.29) is 17.9 Å². The molecule has 88 valence electrons. The second-order valence-corrected chi connectivity index (χ2v) is 4.00. The zero-order chi connectivity index (χ0) is 12.2. The third kappa shape index (κ3) is 2.14. The zero-order valence-electron chi connectivity index (χ0n) is 9.79. The lowest BCUT2D eigenvalue weighted by atomic mass is 9.76. The molecule has 0 fully saturated rings. The van der Waals surface area contributed by atoms with Gasteiger partial charge in [0.15, 0.2) is 5.78 Å². The maximum Gasteiger partial charge on any atom is 0.173 e. The molecular formula is C13H18FNO. The Morgan fingerprint density at radius 2 is 1.88 bits per heavy atom. The Bertz CT molecular complexity index is 364. The van der Waals surface area contributed by atoms with Crippen molar-refractivity contribution in [2.24, 2.45) is 11.1 Å². The van der Waals surface area contributed by atoms with Crippen LogP contribution in [0, 0.1) is 11.2 Å². The van der Waals surface area contributed by atoms with Crippen molar-refractivity contribution in [3.8, 4) is 0 Å². The third-order valence-electron chi connectivity index (χ3n) is 3.34. The van der Waals surface area contributed by atoms with E-state index in [4.69, 9.17) is 5.73 Å². The molecule has 0 heterocycles. The molecule has 0 radical (unpaired) electrons. The van der Waals surface area contributed by atoms with E-state index in [1.54, 1.807) is 12.1 Å². The average molecular weight is 223 g/mol. The smallest absolute Gasteiger partial charge is 0.173 e. The molecule has 0 aliphatic heterocycles. The molecule has 2 nitrogen and oxygen atoms in total. The van der Waals surface area contributed by atoms with E-state index in [1.807, 2.05) is 13.8 Å². The van der Waals surface area contributed by atoms with Crippen LogP contribution in [0.25, 0.3) is 0 Å². The third-order valence-corrected chi connectivity index (χ3v) is 3.34. The summed E-state index contributed by atoms with van der Waals surface area (Å²) in [6.07, 6.45) is 1.26. The van der Waals surface area contributed by atoms with E-state index >= 15 is 0 Å². The van der Waals surface area contributed by atoms with Gasteiger partial charge in [0.05, 0.1) is 5.56 Å².